The topological polar surface area (TPSA) is 87.7 Å². The van der Waals surface area contributed by atoms with Crippen LogP contribution in [0, 0.1) is 0 Å². The second kappa shape index (κ2) is 8.42. The van der Waals surface area contributed by atoms with Crippen LogP contribution >= 0.6 is 23.2 Å². The Hall–Kier alpha value is -2.58. The van der Waals surface area contributed by atoms with E-state index in [1.165, 1.54) is 0 Å². The Balaban J connectivity index is 1.38. The Bertz CT molecular complexity index is 914. The number of carbonyl (C=O) groups excluding carboxylic acids is 2. The van der Waals surface area contributed by atoms with Gasteiger partial charge in [0.05, 0.1) is 0 Å². The van der Waals surface area contributed by atoms with Crippen molar-refractivity contribution in [2.45, 2.75) is 18.9 Å². The summed E-state index contributed by atoms with van der Waals surface area (Å²) in [5, 5.41) is 3.67. The van der Waals surface area contributed by atoms with E-state index in [1.54, 1.807) is 35.4 Å². The van der Waals surface area contributed by atoms with E-state index in [9.17, 15) is 9.59 Å². The predicted molar refractivity (Wildman–Crippen MR) is 109 cm³/mol. The standard InChI is InChI=1S/C19H19Cl2N5O3/c20-12-9-13(21)11-14(10-12)29-17-3-4-22-19(24-17)26-7-5-25(6-8-26)18(28)15-1-2-16(27)23-15/h3-4,9-11,15H,1-2,5-8H2,(H,23,27)/t15-/m0/s1. The van der Waals surface area contributed by atoms with Gasteiger partial charge in [0.1, 0.15) is 11.8 Å². The first kappa shape index (κ1) is 19.7. The predicted octanol–water partition coefficient (Wildman–Crippen LogP) is 2.50. The molecule has 3 heterocycles. The van der Waals surface area contributed by atoms with Crippen molar-refractivity contribution >= 4 is 41.0 Å². The van der Waals surface area contributed by atoms with E-state index in [-0.39, 0.29) is 11.8 Å². The lowest BCUT2D eigenvalue weighted by atomic mass is 10.2. The van der Waals surface area contributed by atoms with Gasteiger partial charge in [0.25, 0.3) is 0 Å². The lowest BCUT2D eigenvalue weighted by Crippen LogP contribution is -2.53. The van der Waals surface area contributed by atoms with Gasteiger partial charge in [-0.05, 0) is 24.6 Å². The van der Waals surface area contributed by atoms with Gasteiger partial charge in [-0.25, -0.2) is 4.98 Å². The minimum atomic E-state index is -0.397. The molecule has 8 nitrogen and oxygen atoms in total. The third kappa shape index (κ3) is 4.71. The number of halogens is 2. The van der Waals surface area contributed by atoms with Crippen LogP contribution in [-0.4, -0.2) is 58.9 Å². The van der Waals surface area contributed by atoms with E-state index in [0.29, 0.717) is 66.6 Å². The molecule has 1 N–H and O–H groups in total. The SMILES string of the molecule is O=C1CC[C@@H](C(=O)N2CCN(c3nccc(Oc4cc(Cl)cc(Cl)c4)n3)CC2)N1. The molecule has 2 fully saturated rings. The number of aromatic nitrogens is 2. The third-order valence-corrected chi connectivity index (χ3v) is 5.28. The van der Waals surface area contributed by atoms with Crippen LogP contribution in [0.15, 0.2) is 30.5 Å². The minimum absolute atomic E-state index is 0.0219. The van der Waals surface area contributed by atoms with Crippen LogP contribution in [0.5, 0.6) is 11.6 Å². The molecule has 0 unspecified atom stereocenters. The van der Waals surface area contributed by atoms with Crippen LogP contribution in [0.1, 0.15) is 12.8 Å². The summed E-state index contributed by atoms with van der Waals surface area (Å²) in [6, 6.07) is 6.19. The number of hydrogen-bond acceptors (Lipinski definition) is 6. The van der Waals surface area contributed by atoms with Gasteiger partial charge in [0.15, 0.2) is 0 Å². The zero-order valence-electron chi connectivity index (χ0n) is 15.5. The summed E-state index contributed by atoms with van der Waals surface area (Å²) in [6.45, 7) is 2.28. The van der Waals surface area contributed by atoms with Crippen molar-refractivity contribution in [3.05, 3.63) is 40.5 Å². The maximum Gasteiger partial charge on any atom is 0.245 e. The van der Waals surface area contributed by atoms with Gasteiger partial charge >= 0.3 is 0 Å². The highest BCUT2D eigenvalue weighted by molar-refractivity contribution is 6.34. The number of amides is 2. The molecule has 2 aromatic rings. The van der Waals surface area contributed by atoms with Gasteiger partial charge in [-0.2, -0.15) is 4.98 Å². The van der Waals surface area contributed by atoms with Crippen molar-refractivity contribution in [2.24, 2.45) is 0 Å². The molecule has 29 heavy (non-hydrogen) atoms. The Morgan fingerprint density at radius 3 is 2.52 bits per heavy atom. The number of nitrogens with one attached hydrogen (secondary N) is 1. The van der Waals surface area contributed by atoms with Crippen molar-refractivity contribution in [1.29, 1.82) is 0 Å². The Labute approximate surface area is 177 Å². The fraction of sp³-hybridized carbons (Fsp3) is 0.368. The van der Waals surface area contributed by atoms with Gasteiger partial charge in [0, 0.05) is 54.9 Å². The average molecular weight is 436 g/mol. The van der Waals surface area contributed by atoms with Gasteiger partial charge in [-0.3, -0.25) is 9.59 Å². The zero-order chi connectivity index (χ0) is 20.4. The van der Waals surface area contributed by atoms with Gasteiger partial charge < -0.3 is 19.9 Å². The van der Waals surface area contributed by atoms with Gasteiger partial charge in [0.2, 0.25) is 23.6 Å². The van der Waals surface area contributed by atoms with E-state index in [1.807, 2.05) is 4.90 Å². The van der Waals surface area contributed by atoms with Crippen molar-refractivity contribution < 1.29 is 14.3 Å². The molecule has 0 saturated carbocycles. The van der Waals surface area contributed by atoms with Crippen molar-refractivity contribution in [3.8, 4) is 11.6 Å². The van der Waals surface area contributed by atoms with Crippen molar-refractivity contribution in [1.82, 2.24) is 20.2 Å². The summed E-state index contributed by atoms with van der Waals surface area (Å²) in [4.78, 5) is 36.4. The maximum absolute atomic E-state index is 12.5. The maximum atomic E-state index is 12.5. The first-order valence-electron chi connectivity index (χ1n) is 9.28. The Kier molecular flexibility index (Phi) is 5.73. The molecule has 2 aliphatic rings. The number of piperazine rings is 1. The van der Waals surface area contributed by atoms with Crippen LogP contribution in [0.4, 0.5) is 5.95 Å². The number of ether oxygens (including phenoxy) is 1. The highest BCUT2D eigenvalue weighted by Crippen LogP contribution is 2.28. The van der Waals surface area contributed by atoms with E-state index in [0.717, 1.165) is 0 Å². The molecular formula is C19H19Cl2N5O3. The Morgan fingerprint density at radius 1 is 1.14 bits per heavy atom. The molecule has 1 aromatic carbocycles. The average Bonchev–Trinajstić information content (AvgIpc) is 3.13. The molecule has 152 valence electrons. The number of nitrogens with zero attached hydrogens (tertiary/aromatic N) is 4. The largest absolute Gasteiger partial charge is 0.439 e. The van der Waals surface area contributed by atoms with Crippen LogP contribution in [-0.2, 0) is 9.59 Å². The molecule has 0 bridgehead atoms. The van der Waals surface area contributed by atoms with Crippen molar-refractivity contribution in [3.63, 3.8) is 0 Å². The Morgan fingerprint density at radius 2 is 1.86 bits per heavy atom. The van der Waals surface area contributed by atoms with Crippen molar-refractivity contribution in [2.75, 3.05) is 31.1 Å². The molecule has 2 aliphatic heterocycles. The molecule has 1 atom stereocenters. The summed E-state index contributed by atoms with van der Waals surface area (Å²) in [7, 11) is 0. The van der Waals surface area contributed by atoms with Gasteiger partial charge in [-0.15, -0.1) is 0 Å². The quantitative estimate of drug-likeness (QED) is 0.793. The van der Waals surface area contributed by atoms with Gasteiger partial charge in [-0.1, -0.05) is 23.2 Å². The fourth-order valence-corrected chi connectivity index (χ4v) is 3.90. The summed E-state index contributed by atoms with van der Waals surface area (Å²) >= 11 is 12.0. The molecule has 0 spiro atoms. The molecule has 2 amide bonds. The molecule has 1 aromatic heterocycles. The van der Waals surface area contributed by atoms with Crippen LogP contribution in [0.3, 0.4) is 0 Å². The lowest BCUT2D eigenvalue weighted by Gasteiger charge is -2.35. The van der Waals surface area contributed by atoms with E-state index in [4.69, 9.17) is 27.9 Å². The number of rotatable bonds is 4. The van der Waals surface area contributed by atoms with Crippen LogP contribution < -0.4 is 15.0 Å². The zero-order valence-corrected chi connectivity index (χ0v) is 17.0. The van der Waals surface area contributed by atoms with E-state index >= 15 is 0 Å². The number of benzene rings is 1. The molecule has 0 radical (unpaired) electrons. The highest BCUT2D eigenvalue weighted by atomic mass is 35.5. The fourth-order valence-electron chi connectivity index (χ4n) is 3.40. The number of carbonyl (C=O) groups is 2. The third-order valence-electron chi connectivity index (χ3n) is 4.84. The summed E-state index contributed by atoms with van der Waals surface area (Å²) in [5.74, 6) is 1.30. The summed E-state index contributed by atoms with van der Waals surface area (Å²) < 4.78 is 5.76. The lowest BCUT2D eigenvalue weighted by molar-refractivity contribution is -0.134. The van der Waals surface area contributed by atoms with Crippen LogP contribution in [0.2, 0.25) is 10.0 Å². The first-order chi connectivity index (χ1) is 14.0. The molecule has 2 saturated heterocycles. The van der Waals surface area contributed by atoms with Crippen LogP contribution in [0.25, 0.3) is 0 Å². The summed E-state index contributed by atoms with van der Waals surface area (Å²) in [6.07, 6.45) is 2.60. The highest BCUT2D eigenvalue weighted by Gasteiger charge is 2.32. The summed E-state index contributed by atoms with van der Waals surface area (Å²) in [5.41, 5.74) is 0. The second-order valence-electron chi connectivity index (χ2n) is 6.87. The molecule has 0 aliphatic carbocycles. The monoisotopic (exact) mass is 435 g/mol. The molecule has 10 heteroatoms. The second-order valence-corrected chi connectivity index (χ2v) is 7.75. The minimum Gasteiger partial charge on any atom is -0.439 e. The number of hydrogen-bond donors (Lipinski definition) is 1. The smallest absolute Gasteiger partial charge is 0.245 e. The van der Waals surface area contributed by atoms with E-state index in [2.05, 4.69) is 15.3 Å². The molecular weight excluding hydrogens is 417 g/mol. The number of anilines is 1. The first-order valence-corrected chi connectivity index (χ1v) is 10.0. The molecule has 4 rings (SSSR count). The normalized spacial score (nSPS) is 19.2. The van der Waals surface area contributed by atoms with E-state index < -0.39 is 6.04 Å².